The van der Waals surface area contributed by atoms with Crippen molar-refractivity contribution in [3.63, 3.8) is 0 Å². The van der Waals surface area contributed by atoms with Crippen molar-refractivity contribution in [2.24, 2.45) is 0 Å². The van der Waals surface area contributed by atoms with E-state index in [2.05, 4.69) is 0 Å². The number of hydrogen-bond acceptors (Lipinski definition) is 5. The van der Waals surface area contributed by atoms with Crippen LogP contribution in [0.25, 0.3) is 0 Å². The fourth-order valence-corrected chi connectivity index (χ4v) is 1.99. The van der Waals surface area contributed by atoms with Gasteiger partial charge < -0.3 is 10.0 Å². The quantitative estimate of drug-likeness (QED) is 0.659. The van der Waals surface area contributed by atoms with Crippen molar-refractivity contribution in [2.45, 2.75) is 6.18 Å². The molecule has 0 aliphatic carbocycles. The summed E-state index contributed by atoms with van der Waals surface area (Å²) in [5.74, 6) is -2.85. The van der Waals surface area contributed by atoms with Crippen LogP contribution in [0, 0.1) is 10.1 Å². The molecule has 0 atom stereocenters. The Hall–Kier alpha value is -2.17. The van der Waals surface area contributed by atoms with E-state index in [4.69, 9.17) is 5.11 Å². The molecule has 0 aromatic carbocycles. The lowest BCUT2D eigenvalue weighted by molar-refractivity contribution is -0.380. The Bertz CT molecular complexity index is 542. The summed E-state index contributed by atoms with van der Waals surface area (Å²) in [7, 11) is 0. The number of carbonyl (C=O) groups excluding carboxylic acids is 1. The molecule has 1 N–H and O–H groups in total. The van der Waals surface area contributed by atoms with Crippen molar-refractivity contribution in [1.82, 2.24) is 4.90 Å². The molecule has 11 heteroatoms. The Balaban J connectivity index is 2.96. The molecule has 0 spiro atoms. The molecule has 110 valence electrons. The van der Waals surface area contributed by atoms with E-state index in [-0.39, 0.29) is 10.5 Å². The number of alkyl halides is 3. The number of halogens is 3. The van der Waals surface area contributed by atoms with E-state index in [0.717, 1.165) is 11.4 Å². The highest BCUT2D eigenvalue weighted by molar-refractivity contribution is 7.13. The fraction of sp³-hybridized carbons (Fsp3) is 0.333. The molecule has 0 saturated heterocycles. The Kier molecular flexibility index (Phi) is 4.65. The minimum atomic E-state index is -4.77. The molecule has 0 radical (unpaired) electrons. The van der Waals surface area contributed by atoms with E-state index in [9.17, 15) is 32.9 Å². The number of carbonyl (C=O) groups is 2. The normalized spacial score (nSPS) is 11.2. The van der Waals surface area contributed by atoms with Gasteiger partial charge in [0.25, 0.3) is 5.91 Å². The van der Waals surface area contributed by atoms with E-state index in [1.165, 1.54) is 0 Å². The summed E-state index contributed by atoms with van der Waals surface area (Å²) in [5.41, 5.74) is -0.354. The fourth-order valence-electron chi connectivity index (χ4n) is 1.29. The molecule has 0 bridgehead atoms. The summed E-state index contributed by atoms with van der Waals surface area (Å²) in [6.07, 6.45) is -4.77. The molecule has 0 unspecified atom stereocenters. The molecule has 1 heterocycles. The Morgan fingerprint density at radius 2 is 2.05 bits per heavy atom. The summed E-state index contributed by atoms with van der Waals surface area (Å²) >= 11 is 0.565. The molecular weight excluding hydrogens is 305 g/mol. The molecule has 0 saturated carbocycles. The van der Waals surface area contributed by atoms with Crippen LogP contribution in [0.15, 0.2) is 11.4 Å². The molecule has 1 aromatic heterocycles. The number of nitrogens with zero attached hydrogens (tertiary/aromatic N) is 2. The third-order valence-electron chi connectivity index (χ3n) is 2.00. The first-order valence-corrected chi connectivity index (χ1v) is 5.79. The van der Waals surface area contributed by atoms with Crippen molar-refractivity contribution < 1.29 is 32.8 Å². The van der Waals surface area contributed by atoms with E-state index < -0.39 is 41.1 Å². The topological polar surface area (TPSA) is 101 Å². The van der Waals surface area contributed by atoms with Gasteiger partial charge in [-0.25, -0.2) is 0 Å². The van der Waals surface area contributed by atoms with Crippen LogP contribution in [0.2, 0.25) is 0 Å². The van der Waals surface area contributed by atoms with Gasteiger partial charge in [-0.1, -0.05) is 11.3 Å². The minimum Gasteiger partial charge on any atom is -0.480 e. The zero-order valence-electron chi connectivity index (χ0n) is 9.59. The summed E-state index contributed by atoms with van der Waals surface area (Å²) in [4.78, 5) is 31.9. The first kappa shape index (κ1) is 15.9. The average Bonchev–Trinajstić information content (AvgIpc) is 2.73. The number of rotatable bonds is 5. The van der Waals surface area contributed by atoms with Crippen LogP contribution in [0.4, 0.5) is 18.2 Å². The van der Waals surface area contributed by atoms with Gasteiger partial charge in [-0.3, -0.25) is 19.7 Å². The van der Waals surface area contributed by atoms with Gasteiger partial charge in [-0.15, -0.1) is 0 Å². The SMILES string of the molecule is O=C(O)CN(CC(F)(F)F)C(=O)c1csc([N+](=O)[O-])c1. The molecule has 0 aliphatic heterocycles. The van der Waals surface area contributed by atoms with E-state index in [1.54, 1.807) is 0 Å². The van der Waals surface area contributed by atoms with Crippen molar-refractivity contribution in [1.29, 1.82) is 0 Å². The number of thiophene rings is 1. The minimum absolute atomic E-state index is 0.0636. The van der Waals surface area contributed by atoms with Crippen LogP contribution in [-0.4, -0.2) is 46.1 Å². The van der Waals surface area contributed by atoms with Crippen LogP contribution >= 0.6 is 11.3 Å². The molecule has 7 nitrogen and oxygen atoms in total. The van der Waals surface area contributed by atoms with Gasteiger partial charge in [0, 0.05) is 11.4 Å². The lowest BCUT2D eigenvalue weighted by Gasteiger charge is -2.21. The Labute approximate surface area is 113 Å². The van der Waals surface area contributed by atoms with E-state index in [0.29, 0.717) is 11.3 Å². The number of carboxylic acid groups (broad SMARTS) is 1. The lowest BCUT2D eigenvalue weighted by Crippen LogP contribution is -2.41. The second kappa shape index (κ2) is 5.86. The summed E-state index contributed by atoms with van der Waals surface area (Å²) in [6, 6.07) is 0.804. The number of nitro groups is 1. The highest BCUT2D eigenvalue weighted by Crippen LogP contribution is 2.25. The van der Waals surface area contributed by atoms with Crippen LogP contribution in [0.1, 0.15) is 10.4 Å². The predicted molar refractivity (Wildman–Crippen MR) is 60.6 cm³/mol. The van der Waals surface area contributed by atoms with Crippen molar-refractivity contribution in [3.8, 4) is 0 Å². The van der Waals surface area contributed by atoms with Crippen molar-refractivity contribution in [3.05, 3.63) is 27.1 Å². The van der Waals surface area contributed by atoms with Gasteiger partial charge in [0.05, 0.1) is 10.5 Å². The highest BCUT2D eigenvalue weighted by atomic mass is 32.1. The number of aliphatic carboxylic acids is 1. The molecule has 1 aromatic rings. The van der Waals surface area contributed by atoms with Crippen LogP contribution in [-0.2, 0) is 4.79 Å². The number of amides is 1. The maximum absolute atomic E-state index is 12.3. The summed E-state index contributed by atoms with van der Waals surface area (Å²) in [5, 5.41) is 19.5. The Morgan fingerprint density at radius 1 is 1.45 bits per heavy atom. The highest BCUT2D eigenvalue weighted by Gasteiger charge is 2.34. The molecular formula is C9H7F3N2O5S. The summed E-state index contributed by atoms with van der Waals surface area (Å²) < 4.78 is 36.8. The third-order valence-corrected chi connectivity index (χ3v) is 2.88. The van der Waals surface area contributed by atoms with E-state index in [1.807, 2.05) is 0 Å². The second-order valence-electron chi connectivity index (χ2n) is 3.60. The monoisotopic (exact) mass is 312 g/mol. The van der Waals surface area contributed by atoms with Crippen LogP contribution < -0.4 is 0 Å². The maximum atomic E-state index is 12.3. The molecule has 0 aliphatic rings. The molecule has 1 amide bonds. The summed E-state index contributed by atoms with van der Waals surface area (Å²) in [6.45, 7) is -2.90. The average molecular weight is 312 g/mol. The van der Waals surface area contributed by atoms with Gasteiger partial charge >= 0.3 is 17.1 Å². The Morgan fingerprint density at radius 3 is 2.45 bits per heavy atom. The van der Waals surface area contributed by atoms with Gasteiger partial charge in [0.15, 0.2) is 0 Å². The van der Waals surface area contributed by atoms with E-state index >= 15 is 0 Å². The number of carboxylic acids is 1. The zero-order chi connectivity index (χ0) is 15.5. The second-order valence-corrected chi connectivity index (χ2v) is 4.49. The lowest BCUT2D eigenvalue weighted by atomic mass is 10.3. The smallest absolute Gasteiger partial charge is 0.406 e. The first-order chi connectivity index (χ1) is 9.10. The zero-order valence-corrected chi connectivity index (χ0v) is 10.4. The standard InChI is InChI=1S/C9H7F3N2O5S/c10-9(11,12)4-13(2-7(15)16)8(17)5-1-6(14(18)19)20-3-5/h1,3H,2,4H2,(H,15,16). The third kappa shape index (κ3) is 4.50. The maximum Gasteiger partial charge on any atom is 0.406 e. The molecule has 1 rings (SSSR count). The largest absolute Gasteiger partial charge is 0.480 e. The van der Waals surface area contributed by atoms with Crippen molar-refractivity contribution >= 4 is 28.2 Å². The van der Waals surface area contributed by atoms with Crippen molar-refractivity contribution in [2.75, 3.05) is 13.1 Å². The number of hydrogen-bond donors (Lipinski definition) is 1. The first-order valence-electron chi connectivity index (χ1n) is 4.91. The van der Waals surface area contributed by atoms with Crippen LogP contribution in [0.5, 0.6) is 0 Å². The van der Waals surface area contributed by atoms with Gasteiger partial charge in [0.1, 0.15) is 13.1 Å². The predicted octanol–water partition coefficient (Wildman–Crippen LogP) is 1.75. The van der Waals surface area contributed by atoms with Gasteiger partial charge in [-0.2, -0.15) is 13.2 Å². The van der Waals surface area contributed by atoms with Gasteiger partial charge in [0.2, 0.25) is 0 Å². The molecule has 20 heavy (non-hydrogen) atoms. The molecule has 0 fully saturated rings. The van der Waals surface area contributed by atoms with Crippen LogP contribution in [0.3, 0.4) is 0 Å². The van der Waals surface area contributed by atoms with Gasteiger partial charge in [-0.05, 0) is 0 Å².